The molecule has 0 saturated heterocycles. The molecule has 0 aromatic heterocycles. The fraction of sp³-hybridized carbons (Fsp3) is 0.684. The smallest absolute Gasteiger partial charge is 0.201 e. The Balaban J connectivity index is 1.45. The van der Waals surface area contributed by atoms with Crippen molar-refractivity contribution in [3.05, 3.63) is 23.8 Å². The summed E-state index contributed by atoms with van der Waals surface area (Å²) in [6.07, 6.45) is 10.6. The van der Waals surface area contributed by atoms with Crippen molar-refractivity contribution < 1.29 is 13.5 Å². The van der Waals surface area contributed by atoms with Crippen LogP contribution in [0.25, 0.3) is 0 Å². The molecule has 0 amide bonds. The minimum absolute atomic E-state index is 0.0184. The van der Waals surface area contributed by atoms with Crippen molar-refractivity contribution in [2.24, 2.45) is 17.8 Å². The van der Waals surface area contributed by atoms with Crippen molar-refractivity contribution in [3.8, 4) is 5.75 Å². The van der Waals surface area contributed by atoms with Crippen LogP contribution in [0.5, 0.6) is 5.75 Å². The molecule has 0 heterocycles. The molecule has 2 fully saturated rings. The van der Waals surface area contributed by atoms with Crippen LogP contribution in [0.3, 0.4) is 0 Å². The van der Waals surface area contributed by atoms with Crippen LogP contribution in [0.15, 0.2) is 12.1 Å². The number of nitrogens with two attached hydrogens (primary N) is 1. The van der Waals surface area contributed by atoms with E-state index in [-0.39, 0.29) is 11.4 Å². The summed E-state index contributed by atoms with van der Waals surface area (Å²) in [5.74, 6) is 0.276. The number of ether oxygens (including phenoxy) is 1. The Morgan fingerprint density at radius 3 is 2.12 bits per heavy atom. The average Bonchev–Trinajstić information content (AvgIpc) is 2.60. The van der Waals surface area contributed by atoms with Crippen LogP contribution in [0.4, 0.5) is 14.5 Å². The van der Waals surface area contributed by atoms with Crippen molar-refractivity contribution >= 4 is 31.5 Å². The van der Waals surface area contributed by atoms with Gasteiger partial charge in [0.15, 0.2) is 5.82 Å². The topological polar surface area (TPSA) is 35.2 Å². The molecule has 1 aromatic rings. The van der Waals surface area contributed by atoms with E-state index in [9.17, 15) is 8.78 Å². The second-order valence-electron chi connectivity index (χ2n) is 7.55. The minimum atomic E-state index is -1.01. The zero-order valence-electron chi connectivity index (χ0n) is 14.1. The van der Waals surface area contributed by atoms with Gasteiger partial charge in [0.25, 0.3) is 0 Å². The Hall–Kier alpha value is -0.398. The maximum absolute atomic E-state index is 13.8. The van der Waals surface area contributed by atoms with E-state index in [1.165, 1.54) is 50.7 Å². The first-order valence-corrected chi connectivity index (χ1v) is 11.8. The van der Waals surface area contributed by atoms with E-state index in [0.717, 1.165) is 53.9 Å². The summed E-state index contributed by atoms with van der Waals surface area (Å²) in [4.78, 5) is 0. The minimum Gasteiger partial charge on any atom is -0.201 e. The van der Waals surface area contributed by atoms with Crippen molar-refractivity contribution in [2.45, 2.75) is 54.8 Å². The summed E-state index contributed by atoms with van der Waals surface area (Å²) in [6.45, 7) is 0.474. The predicted molar refractivity (Wildman–Crippen MR) is 93.2 cm³/mol. The molecule has 3 rings (SSSR count). The number of rotatable bonds is 4. The second-order valence-corrected chi connectivity index (χ2v) is 11.2. The van der Waals surface area contributed by atoms with Gasteiger partial charge in [-0.05, 0) is 6.07 Å². The molecular formula is C19H26F2NOTl. The zero-order valence-corrected chi connectivity index (χ0v) is 18.6. The number of hydrogen-bond donors (Lipinski definition) is 1. The van der Waals surface area contributed by atoms with Crippen LogP contribution < -0.4 is 10.5 Å². The molecule has 0 spiro atoms. The third-order valence-electron chi connectivity index (χ3n) is 5.93. The summed E-state index contributed by atoms with van der Waals surface area (Å²) in [7, 11) is 0. The summed E-state index contributed by atoms with van der Waals surface area (Å²) < 4.78 is 33.9. The zero-order chi connectivity index (χ0) is 17.1. The van der Waals surface area contributed by atoms with Crippen LogP contribution in [-0.2, 0) is 0 Å². The molecule has 24 heavy (non-hydrogen) atoms. The number of hydrogen-bond acceptors (Lipinski definition) is 2. The first kappa shape index (κ1) is 18.4. The molecule has 2 saturated carbocycles. The van der Waals surface area contributed by atoms with Gasteiger partial charge in [0, 0.05) is 0 Å². The number of halogens is 2. The molecule has 1 aromatic carbocycles. The first-order chi connectivity index (χ1) is 11.5. The van der Waals surface area contributed by atoms with E-state index in [0.29, 0.717) is 12.5 Å². The Kier molecular flexibility index (Phi) is 6.38. The molecule has 130 valence electrons. The fourth-order valence-corrected chi connectivity index (χ4v) is 5.80. The SMILES string of the molecule is Nc1ccc(OCC2CCC(C3CC[CH]([Tl])CC3)CC2)c(F)c1F. The van der Waals surface area contributed by atoms with Gasteiger partial charge < -0.3 is 5.73 Å². The molecule has 2 N–H and O–H groups in total. The molecule has 0 radical (unpaired) electrons. The first-order valence-electron chi connectivity index (χ1n) is 9.16. The Bertz CT molecular complexity index is 553. The van der Waals surface area contributed by atoms with Crippen molar-refractivity contribution in [2.75, 3.05) is 12.3 Å². The van der Waals surface area contributed by atoms with Crippen molar-refractivity contribution in [1.82, 2.24) is 0 Å². The van der Waals surface area contributed by atoms with Gasteiger partial charge >= 0.3 is 127 Å². The van der Waals surface area contributed by atoms with Gasteiger partial charge in [0.1, 0.15) is 0 Å². The fourth-order valence-electron chi connectivity index (χ4n) is 4.31. The number of nitrogen functional groups attached to an aromatic ring is 1. The van der Waals surface area contributed by atoms with Crippen LogP contribution in [-0.4, -0.2) is 32.4 Å². The van der Waals surface area contributed by atoms with Crippen LogP contribution in [0.1, 0.15) is 51.4 Å². The third kappa shape index (κ3) is 4.41. The van der Waals surface area contributed by atoms with Crippen LogP contribution in [0.2, 0.25) is 3.48 Å². The van der Waals surface area contributed by atoms with Gasteiger partial charge in [-0.15, -0.1) is 0 Å². The standard InChI is InChI=1S/C19H26F2NO.Tl/c20-18-16(22)10-11-17(19(18)21)23-12-13-6-8-15(9-7-13)14-4-2-1-3-5-14;/h1,10-11,13-15H,2-9,12,22H2;. The van der Waals surface area contributed by atoms with Crippen LogP contribution in [0, 0.1) is 29.4 Å². The van der Waals surface area contributed by atoms with E-state index >= 15 is 0 Å². The molecule has 5 heteroatoms. The molecule has 0 unspecified atom stereocenters. The summed E-state index contributed by atoms with van der Waals surface area (Å²) >= 11 is 1.16. The van der Waals surface area contributed by atoms with Gasteiger partial charge in [-0.1, -0.05) is 0 Å². The second kappa shape index (κ2) is 8.32. The quantitative estimate of drug-likeness (QED) is 0.448. The van der Waals surface area contributed by atoms with E-state index in [4.69, 9.17) is 10.5 Å². The van der Waals surface area contributed by atoms with E-state index < -0.39 is 11.6 Å². The third-order valence-corrected chi connectivity index (χ3v) is 8.52. The van der Waals surface area contributed by atoms with Crippen molar-refractivity contribution in [1.29, 1.82) is 0 Å². The summed E-state index contributed by atoms with van der Waals surface area (Å²) in [5, 5.41) is 0. The van der Waals surface area contributed by atoms with Crippen LogP contribution >= 0.6 is 0 Å². The monoisotopic (exact) mass is 527 g/mol. The van der Waals surface area contributed by atoms with Gasteiger partial charge in [0.05, 0.1) is 5.69 Å². The average molecular weight is 527 g/mol. The predicted octanol–water partition coefficient (Wildman–Crippen LogP) is 4.88. The normalized spacial score (nSPS) is 30.9. The Morgan fingerprint density at radius 1 is 0.917 bits per heavy atom. The van der Waals surface area contributed by atoms with Gasteiger partial charge in [-0.3, -0.25) is 0 Å². The number of benzene rings is 1. The molecule has 2 aliphatic carbocycles. The van der Waals surface area contributed by atoms with Gasteiger partial charge in [0.2, 0.25) is 0 Å². The molecule has 0 atom stereocenters. The maximum atomic E-state index is 13.8. The van der Waals surface area contributed by atoms with E-state index in [2.05, 4.69) is 0 Å². The Labute approximate surface area is 159 Å². The molecule has 0 bridgehead atoms. The molecule has 2 nitrogen and oxygen atoms in total. The Morgan fingerprint density at radius 2 is 1.50 bits per heavy atom. The van der Waals surface area contributed by atoms with Gasteiger partial charge in [-0.2, -0.15) is 4.39 Å². The van der Waals surface area contributed by atoms with Gasteiger partial charge in [-0.25, -0.2) is 4.39 Å². The number of anilines is 1. The van der Waals surface area contributed by atoms with E-state index in [1.807, 2.05) is 0 Å². The molecular weight excluding hydrogens is 501 g/mol. The van der Waals surface area contributed by atoms with E-state index in [1.54, 1.807) is 0 Å². The summed E-state index contributed by atoms with van der Waals surface area (Å²) in [5.41, 5.74) is 5.18. The molecule has 2 aliphatic rings. The van der Waals surface area contributed by atoms with Crippen molar-refractivity contribution in [3.63, 3.8) is 0 Å². The summed E-state index contributed by atoms with van der Waals surface area (Å²) in [6, 6.07) is 2.78. The molecule has 0 aliphatic heterocycles.